The van der Waals surface area contributed by atoms with Crippen LogP contribution in [-0.4, -0.2) is 83.9 Å². The Morgan fingerprint density at radius 1 is 1.02 bits per heavy atom. The molecule has 0 aromatic heterocycles. The summed E-state index contributed by atoms with van der Waals surface area (Å²) >= 11 is 0. The van der Waals surface area contributed by atoms with Gasteiger partial charge in [0.15, 0.2) is 0 Å². The Labute approximate surface area is 258 Å². The summed E-state index contributed by atoms with van der Waals surface area (Å²) in [6.07, 6.45) is 0.988. The fraction of sp³-hybridized carbons (Fsp3) is 0.387. The summed E-state index contributed by atoms with van der Waals surface area (Å²) in [6.45, 7) is 1.36. The average molecular weight is 641 g/mol. The van der Waals surface area contributed by atoms with E-state index < -0.39 is 31.8 Å². The topological polar surface area (TPSA) is 158 Å². The number of hydrogen-bond donors (Lipinski definition) is 3. The van der Waals surface area contributed by atoms with E-state index in [1.807, 2.05) is 12.1 Å². The Kier molecular flexibility index (Phi) is 9.71. The first-order chi connectivity index (χ1) is 21.0. The van der Waals surface area contributed by atoms with E-state index >= 15 is 0 Å². The summed E-state index contributed by atoms with van der Waals surface area (Å²) in [6, 6.07) is 22.0. The number of nitrogens with zero attached hydrogens (tertiary/aromatic N) is 2. The molecule has 2 aliphatic rings. The molecule has 3 aromatic rings. The highest BCUT2D eigenvalue weighted by atomic mass is 32.2. The zero-order valence-electron chi connectivity index (χ0n) is 24.3. The Bertz CT molecular complexity index is 1730. The highest BCUT2D eigenvalue weighted by Crippen LogP contribution is 2.37. The Morgan fingerprint density at radius 3 is 2.43 bits per heavy atom. The van der Waals surface area contributed by atoms with Crippen molar-refractivity contribution < 1.29 is 31.4 Å². The van der Waals surface area contributed by atoms with Gasteiger partial charge in [0, 0.05) is 31.7 Å². The largest absolute Gasteiger partial charge is 0.491 e. The number of sulfonamides is 2. The number of benzene rings is 3. The quantitative estimate of drug-likeness (QED) is 0.286. The Hall–Kier alpha value is -3.35. The summed E-state index contributed by atoms with van der Waals surface area (Å²) in [7, 11) is -5.98. The number of aliphatic hydroxyl groups is 1. The second-order valence-corrected chi connectivity index (χ2v) is 14.9. The molecule has 234 valence electrons. The molecule has 0 saturated carbocycles. The standard InChI is InChI=1S/C31H36N4O7S2/c1-33-43(37,38)29-9-4-8-28(17-29)41-22-27(36)20-34-26-18-31(42-21-26)11-13-35(14-12-31)44(39,40)30-10-3-7-25(16-30)24-6-2-5-23(15-24)19-32/h2-10,15-17,26-27,33-34,36H,11-14,18,20-22H2,1H3/t26?,27-/m0/s1. The van der Waals surface area contributed by atoms with Crippen molar-refractivity contribution in [2.24, 2.45) is 0 Å². The van der Waals surface area contributed by atoms with Crippen LogP contribution in [0.25, 0.3) is 11.1 Å². The maximum Gasteiger partial charge on any atom is 0.243 e. The van der Waals surface area contributed by atoms with Crippen LogP contribution < -0.4 is 14.8 Å². The molecule has 3 aromatic carbocycles. The van der Waals surface area contributed by atoms with Crippen LogP contribution in [0.2, 0.25) is 0 Å². The van der Waals surface area contributed by atoms with Gasteiger partial charge in [-0.25, -0.2) is 21.6 Å². The van der Waals surface area contributed by atoms with Gasteiger partial charge < -0.3 is 19.9 Å². The minimum atomic E-state index is -3.72. The van der Waals surface area contributed by atoms with Gasteiger partial charge in [-0.2, -0.15) is 9.57 Å². The molecule has 0 radical (unpaired) electrons. The summed E-state index contributed by atoms with van der Waals surface area (Å²) in [5.41, 5.74) is 1.59. The first-order valence-electron chi connectivity index (χ1n) is 14.4. The summed E-state index contributed by atoms with van der Waals surface area (Å²) in [5, 5.41) is 23.0. The molecule has 1 unspecified atom stereocenters. The third-order valence-corrected chi connectivity index (χ3v) is 11.4. The minimum absolute atomic E-state index is 0.00207. The number of rotatable bonds is 11. The third-order valence-electron chi connectivity index (χ3n) is 8.11. The summed E-state index contributed by atoms with van der Waals surface area (Å²) in [4.78, 5) is 0.292. The van der Waals surface area contributed by atoms with Crippen LogP contribution in [0, 0.1) is 11.3 Å². The van der Waals surface area contributed by atoms with E-state index in [1.165, 1.54) is 23.5 Å². The van der Waals surface area contributed by atoms with Gasteiger partial charge in [-0.05, 0) is 73.8 Å². The van der Waals surface area contributed by atoms with Crippen LogP contribution >= 0.6 is 0 Å². The van der Waals surface area contributed by atoms with Crippen molar-refractivity contribution >= 4 is 20.0 Å². The van der Waals surface area contributed by atoms with Crippen molar-refractivity contribution in [3.63, 3.8) is 0 Å². The second-order valence-electron chi connectivity index (χ2n) is 11.1. The highest BCUT2D eigenvalue weighted by Gasteiger charge is 2.44. The number of ether oxygens (including phenoxy) is 2. The van der Waals surface area contributed by atoms with Gasteiger partial charge in [-0.3, -0.25) is 0 Å². The lowest BCUT2D eigenvalue weighted by atomic mass is 9.88. The van der Waals surface area contributed by atoms with E-state index in [0.717, 1.165) is 11.1 Å². The lowest BCUT2D eigenvalue weighted by Crippen LogP contribution is -2.47. The molecular weight excluding hydrogens is 604 g/mol. The molecule has 2 atom stereocenters. The van der Waals surface area contributed by atoms with E-state index in [4.69, 9.17) is 9.47 Å². The molecule has 0 amide bonds. The van der Waals surface area contributed by atoms with Crippen LogP contribution in [0.4, 0.5) is 0 Å². The summed E-state index contributed by atoms with van der Waals surface area (Å²) < 4.78 is 66.6. The van der Waals surface area contributed by atoms with Crippen LogP contribution in [0.3, 0.4) is 0 Å². The lowest BCUT2D eigenvalue weighted by molar-refractivity contribution is -0.0312. The van der Waals surface area contributed by atoms with E-state index in [0.29, 0.717) is 50.3 Å². The fourth-order valence-corrected chi connectivity index (χ4v) is 7.87. The molecular formula is C31H36N4O7S2. The predicted molar refractivity (Wildman–Crippen MR) is 164 cm³/mol. The molecule has 1 spiro atoms. The number of nitriles is 1. The highest BCUT2D eigenvalue weighted by molar-refractivity contribution is 7.89. The molecule has 11 nitrogen and oxygen atoms in total. The monoisotopic (exact) mass is 640 g/mol. The number of hydrogen-bond acceptors (Lipinski definition) is 9. The maximum absolute atomic E-state index is 13.5. The number of nitrogens with one attached hydrogen (secondary N) is 2. The summed E-state index contributed by atoms with van der Waals surface area (Å²) in [5.74, 6) is 0.338. The fourth-order valence-electron chi connectivity index (χ4n) is 5.61. The smallest absolute Gasteiger partial charge is 0.243 e. The van der Waals surface area contributed by atoms with Crippen molar-refractivity contribution in [3.05, 3.63) is 78.4 Å². The molecule has 2 fully saturated rings. The second kappa shape index (κ2) is 13.3. The Morgan fingerprint density at radius 2 is 1.70 bits per heavy atom. The van der Waals surface area contributed by atoms with Crippen LogP contribution in [0.1, 0.15) is 24.8 Å². The molecule has 13 heteroatoms. The normalized spacial score (nSPS) is 19.4. The van der Waals surface area contributed by atoms with Gasteiger partial charge in [-0.1, -0.05) is 30.3 Å². The van der Waals surface area contributed by atoms with Crippen LogP contribution in [-0.2, 0) is 24.8 Å². The van der Waals surface area contributed by atoms with Gasteiger partial charge in [0.05, 0.1) is 33.6 Å². The van der Waals surface area contributed by atoms with Crippen molar-refractivity contribution in [3.8, 4) is 22.9 Å². The number of piperidine rings is 1. The minimum Gasteiger partial charge on any atom is -0.491 e. The van der Waals surface area contributed by atoms with E-state index in [2.05, 4.69) is 16.1 Å². The van der Waals surface area contributed by atoms with Crippen LogP contribution in [0.5, 0.6) is 5.75 Å². The van der Waals surface area contributed by atoms with Gasteiger partial charge in [0.2, 0.25) is 20.0 Å². The Balaban J connectivity index is 1.11. The van der Waals surface area contributed by atoms with Gasteiger partial charge in [-0.15, -0.1) is 0 Å². The zero-order chi connectivity index (χ0) is 31.4. The molecule has 0 aliphatic carbocycles. The molecule has 44 heavy (non-hydrogen) atoms. The van der Waals surface area contributed by atoms with Crippen molar-refractivity contribution in [1.29, 1.82) is 5.26 Å². The maximum atomic E-state index is 13.5. The number of aliphatic hydroxyl groups excluding tert-OH is 1. The van der Waals surface area contributed by atoms with Crippen LogP contribution in [0.15, 0.2) is 82.6 Å². The van der Waals surface area contributed by atoms with Gasteiger partial charge in [0.25, 0.3) is 0 Å². The third kappa shape index (κ3) is 7.30. The first-order valence-corrected chi connectivity index (χ1v) is 17.3. The van der Waals surface area contributed by atoms with Gasteiger partial charge in [0.1, 0.15) is 18.5 Å². The van der Waals surface area contributed by atoms with E-state index in [-0.39, 0.29) is 29.0 Å². The molecule has 2 saturated heterocycles. The SMILES string of the molecule is CNS(=O)(=O)c1cccc(OC[C@@H](O)CNC2COC3(CCN(S(=O)(=O)c4cccc(-c5cccc(C#N)c5)c4)CC3)C2)c1. The molecule has 5 rings (SSSR count). The van der Waals surface area contributed by atoms with E-state index in [1.54, 1.807) is 48.5 Å². The zero-order valence-corrected chi connectivity index (χ0v) is 26.0. The molecule has 2 aliphatic heterocycles. The molecule has 2 heterocycles. The van der Waals surface area contributed by atoms with Crippen molar-refractivity contribution in [2.75, 3.05) is 39.9 Å². The molecule has 3 N–H and O–H groups in total. The predicted octanol–water partition coefficient (Wildman–Crippen LogP) is 2.48. The molecule has 0 bridgehead atoms. The lowest BCUT2D eigenvalue weighted by Gasteiger charge is -2.38. The average Bonchev–Trinajstić information content (AvgIpc) is 3.45. The first kappa shape index (κ1) is 32.1. The van der Waals surface area contributed by atoms with Gasteiger partial charge >= 0.3 is 0 Å². The van der Waals surface area contributed by atoms with Crippen molar-refractivity contribution in [2.45, 2.75) is 46.8 Å². The van der Waals surface area contributed by atoms with Crippen molar-refractivity contribution in [1.82, 2.24) is 14.3 Å². The van der Waals surface area contributed by atoms with E-state index in [9.17, 15) is 27.2 Å².